The van der Waals surface area contributed by atoms with Crippen molar-refractivity contribution in [1.29, 1.82) is 0 Å². The highest BCUT2D eigenvalue weighted by Gasteiger charge is 2.24. The van der Waals surface area contributed by atoms with Crippen LogP contribution in [0.3, 0.4) is 0 Å². The quantitative estimate of drug-likeness (QED) is 0.240. The number of esters is 1. The Bertz CT molecular complexity index is 789. The number of ether oxygens (including phenoxy) is 2. The molecule has 2 atom stereocenters. The molecular formula is C26H38N2O6S. The third kappa shape index (κ3) is 13.3. The highest BCUT2D eigenvalue weighted by Crippen LogP contribution is 2.16. The van der Waals surface area contributed by atoms with Gasteiger partial charge in [0.2, 0.25) is 11.8 Å². The van der Waals surface area contributed by atoms with Crippen molar-refractivity contribution in [3.63, 3.8) is 0 Å². The van der Waals surface area contributed by atoms with Gasteiger partial charge in [-0.25, -0.2) is 0 Å². The first kappa shape index (κ1) is 28.9. The molecule has 1 aliphatic rings. The van der Waals surface area contributed by atoms with Gasteiger partial charge in [0.05, 0.1) is 31.8 Å². The van der Waals surface area contributed by atoms with E-state index >= 15 is 0 Å². The Labute approximate surface area is 212 Å². The summed E-state index contributed by atoms with van der Waals surface area (Å²) in [6.07, 6.45) is 7.28. The molecular weight excluding hydrogens is 468 g/mol. The predicted octanol–water partition coefficient (Wildman–Crippen LogP) is 2.60. The van der Waals surface area contributed by atoms with E-state index < -0.39 is 5.92 Å². The van der Waals surface area contributed by atoms with Crippen LogP contribution < -0.4 is 10.6 Å². The summed E-state index contributed by atoms with van der Waals surface area (Å²) >= 11 is 1.66. The topological polar surface area (TPSA) is 114 Å². The van der Waals surface area contributed by atoms with Crippen LogP contribution in [0.5, 0.6) is 0 Å². The number of rotatable bonds is 11. The maximum Gasteiger partial charge on any atom is 0.305 e. The van der Waals surface area contributed by atoms with Gasteiger partial charge in [0.15, 0.2) is 0 Å². The van der Waals surface area contributed by atoms with Gasteiger partial charge in [-0.15, -0.1) is 0 Å². The van der Waals surface area contributed by atoms with Gasteiger partial charge in [0.25, 0.3) is 0 Å². The molecule has 194 valence electrons. The van der Waals surface area contributed by atoms with E-state index in [1.807, 2.05) is 30.4 Å². The number of allylic oxidation sites excluding steroid dienone is 2. The third-order valence-electron chi connectivity index (χ3n) is 5.42. The van der Waals surface area contributed by atoms with Crippen LogP contribution in [-0.4, -0.2) is 67.7 Å². The fourth-order valence-electron chi connectivity index (χ4n) is 3.53. The SMILES string of the molecule is O=C(C[C@H]1CC=CCCCCC(=O)OC[C@H](CSCc2ccccc2)NC1=O)NCCOCCO. The zero-order valence-electron chi connectivity index (χ0n) is 20.3. The second kappa shape index (κ2) is 18.0. The average Bonchev–Trinajstić information content (AvgIpc) is 2.85. The van der Waals surface area contributed by atoms with Crippen LogP contribution in [-0.2, 0) is 29.6 Å². The zero-order valence-corrected chi connectivity index (χ0v) is 21.1. The molecule has 2 amide bonds. The number of cyclic esters (lactones) is 1. The van der Waals surface area contributed by atoms with E-state index in [-0.39, 0.29) is 50.1 Å². The average molecular weight is 507 g/mol. The summed E-state index contributed by atoms with van der Waals surface area (Å²) in [7, 11) is 0. The van der Waals surface area contributed by atoms with Crippen molar-refractivity contribution < 1.29 is 29.0 Å². The first-order chi connectivity index (χ1) is 17.1. The summed E-state index contributed by atoms with van der Waals surface area (Å²) in [5.41, 5.74) is 1.18. The van der Waals surface area contributed by atoms with Gasteiger partial charge >= 0.3 is 5.97 Å². The van der Waals surface area contributed by atoms with Crippen molar-refractivity contribution in [1.82, 2.24) is 10.6 Å². The van der Waals surface area contributed by atoms with Crippen LogP contribution in [0.1, 0.15) is 44.1 Å². The van der Waals surface area contributed by atoms with Crippen molar-refractivity contribution in [3.05, 3.63) is 48.0 Å². The Morgan fingerprint density at radius 2 is 2.00 bits per heavy atom. The molecule has 1 aromatic rings. The molecule has 0 aliphatic carbocycles. The molecule has 0 unspecified atom stereocenters. The van der Waals surface area contributed by atoms with Gasteiger partial charge in [0, 0.05) is 30.9 Å². The minimum atomic E-state index is -0.523. The normalized spacial score (nSPS) is 19.9. The number of benzene rings is 1. The van der Waals surface area contributed by atoms with Crippen LogP contribution >= 0.6 is 11.8 Å². The Hall–Kier alpha value is -2.36. The summed E-state index contributed by atoms with van der Waals surface area (Å²) in [5, 5.41) is 14.5. The number of hydrogen-bond acceptors (Lipinski definition) is 7. The zero-order chi connectivity index (χ0) is 25.1. The summed E-state index contributed by atoms with van der Waals surface area (Å²) in [6, 6.07) is 9.71. The molecule has 0 spiro atoms. The summed E-state index contributed by atoms with van der Waals surface area (Å²) in [4.78, 5) is 37.7. The number of thioether (sulfide) groups is 1. The van der Waals surface area contributed by atoms with Crippen molar-refractivity contribution in [3.8, 4) is 0 Å². The van der Waals surface area contributed by atoms with Crippen LogP contribution in [0.2, 0.25) is 0 Å². The lowest BCUT2D eigenvalue weighted by Crippen LogP contribution is -2.44. The van der Waals surface area contributed by atoms with Crippen molar-refractivity contribution in [2.45, 2.75) is 50.3 Å². The van der Waals surface area contributed by atoms with Crippen molar-refractivity contribution in [2.75, 3.05) is 38.7 Å². The lowest BCUT2D eigenvalue weighted by molar-refractivity contribution is -0.145. The second-order valence-corrected chi connectivity index (χ2v) is 9.46. The lowest BCUT2D eigenvalue weighted by atomic mass is 9.98. The van der Waals surface area contributed by atoms with E-state index in [9.17, 15) is 14.4 Å². The first-order valence-electron chi connectivity index (χ1n) is 12.3. The Kier molecular flexibility index (Phi) is 14.8. The molecule has 0 radical (unpaired) electrons. The van der Waals surface area contributed by atoms with Gasteiger partial charge in [-0.2, -0.15) is 11.8 Å². The Morgan fingerprint density at radius 3 is 2.80 bits per heavy atom. The van der Waals surface area contributed by atoms with Gasteiger partial charge in [0.1, 0.15) is 6.61 Å². The molecule has 0 saturated carbocycles. The van der Waals surface area contributed by atoms with E-state index in [0.29, 0.717) is 31.7 Å². The molecule has 0 fully saturated rings. The number of aliphatic hydroxyl groups excluding tert-OH is 1. The fourth-order valence-corrected chi connectivity index (χ4v) is 4.54. The van der Waals surface area contributed by atoms with E-state index in [1.165, 1.54) is 5.56 Å². The molecule has 0 aromatic heterocycles. The fraction of sp³-hybridized carbons (Fsp3) is 0.577. The standard InChI is InChI=1S/C26H38N2O6S/c29-14-16-33-15-13-27-24(30)17-22-11-7-2-1-3-8-12-25(31)34-18-23(28-26(22)32)20-35-19-21-9-5-4-6-10-21/h2,4-7,9-10,22-23,29H,1,3,8,11-20H2,(H,27,30)(H,28,32)/t22-,23-/m1/s1. The smallest absolute Gasteiger partial charge is 0.305 e. The molecule has 0 bridgehead atoms. The number of amides is 2. The molecule has 35 heavy (non-hydrogen) atoms. The van der Waals surface area contributed by atoms with Crippen LogP contribution in [0.15, 0.2) is 42.5 Å². The van der Waals surface area contributed by atoms with E-state index in [0.717, 1.165) is 25.0 Å². The first-order valence-corrected chi connectivity index (χ1v) is 13.4. The minimum Gasteiger partial charge on any atom is -0.463 e. The van der Waals surface area contributed by atoms with Gasteiger partial charge < -0.3 is 25.2 Å². The van der Waals surface area contributed by atoms with Gasteiger partial charge in [-0.1, -0.05) is 42.5 Å². The second-order valence-electron chi connectivity index (χ2n) is 8.43. The largest absolute Gasteiger partial charge is 0.463 e. The summed E-state index contributed by atoms with van der Waals surface area (Å²) in [6.45, 7) is 0.888. The minimum absolute atomic E-state index is 0.0554. The van der Waals surface area contributed by atoms with E-state index in [2.05, 4.69) is 22.8 Å². The lowest BCUT2D eigenvalue weighted by Gasteiger charge is -2.22. The van der Waals surface area contributed by atoms with Gasteiger partial charge in [-0.3, -0.25) is 14.4 Å². The van der Waals surface area contributed by atoms with Crippen molar-refractivity contribution in [2.24, 2.45) is 5.92 Å². The molecule has 0 saturated heterocycles. The molecule has 8 nitrogen and oxygen atoms in total. The number of carbonyl (C=O) groups is 3. The highest BCUT2D eigenvalue weighted by molar-refractivity contribution is 7.98. The number of nitrogens with one attached hydrogen (secondary N) is 2. The van der Waals surface area contributed by atoms with Crippen LogP contribution in [0, 0.1) is 5.92 Å². The molecule has 1 heterocycles. The van der Waals surface area contributed by atoms with E-state index in [4.69, 9.17) is 14.6 Å². The molecule has 2 rings (SSSR count). The van der Waals surface area contributed by atoms with Gasteiger partial charge in [-0.05, 0) is 31.2 Å². The third-order valence-corrected chi connectivity index (χ3v) is 6.59. The number of hydrogen-bond donors (Lipinski definition) is 3. The summed E-state index contributed by atoms with van der Waals surface area (Å²) < 4.78 is 10.6. The summed E-state index contributed by atoms with van der Waals surface area (Å²) in [5.74, 6) is 0.148. The monoisotopic (exact) mass is 506 g/mol. The van der Waals surface area contributed by atoms with Crippen LogP contribution in [0.25, 0.3) is 0 Å². The molecule has 1 aromatic carbocycles. The molecule has 1 aliphatic heterocycles. The predicted molar refractivity (Wildman–Crippen MR) is 137 cm³/mol. The molecule has 9 heteroatoms. The number of carbonyl (C=O) groups excluding carboxylic acids is 3. The maximum absolute atomic E-state index is 13.1. The Balaban J connectivity index is 1.97. The van der Waals surface area contributed by atoms with E-state index in [1.54, 1.807) is 11.8 Å². The van der Waals surface area contributed by atoms with Crippen LogP contribution in [0.4, 0.5) is 0 Å². The van der Waals surface area contributed by atoms with Crippen molar-refractivity contribution >= 4 is 29.5 Å². The Morgan fingerprint density at radius 1 is 1.17 bits per heavy atom. The molecule has 3 N–H and O–H groups in total. The maximum atomic E-state index is 13.1. The number of aliphatic hydroxyl groups is 1. The highest BCUT2D eigenvalue weighted by atomic mass is 32.2.